The van der Waals surface area contributed by atoms with Crippen molar-refractivity contribution >= 4 is 45.6 Å². The maximum atomic E-state index is 5.38. The van der Waals surface area contributed by atoms with Crippen molar-refractivity contribution in [3.8, 4) is 5.75 Å². The Labute approximate surface area is 156 Å². The molecule has 1 aliphatic heterocycles. The minimum absolute atomic E-state index is 0.425. The summed E-state index contributed by atoms with van der Waals surface area (Å²) in [5, 5.41) is 8.93. The van der Waals surface area contributed by atoms with Crippen molar-refractivity contribution in [3.63, 3.8) is 0 Å². The number of nitrogens with one attached hydrogen (secondary N) is 2. The predicted molar refractivity (Wildman–Crippen MR) is 107 cm³/mol. The molecule has 1 aromatic carbocycles. The van der Waals surface area contributed by atoms with Crippen molar-refractivity contribution in [3.05, 3.63) is 41.3 Å². The third-order valence-electron chi connectivity index (χ3n) is 3.62. The van der Waals surface area contributed by atoms with Gasteiger partial charge in [-0.15, -0.1) is 11.3 Å². The van der Waals surface area contributed by atoms with E-state index in [4.69, 9.17) is 21.7 Å². The molecule has 25 heavy (non-hydrogen) atoms. The second kappa shape index (κ2) is 8.80. The summed E-state index contributed by atoms with van der Waals surface area (Å²) in [6, 6.07) is 11.7. The monoisotopic (exact) mass is 376 g/mol. The number of hydrogen-bond donors (Lipinski definition) is 2. The fraction of sp³-hybridized carbons (Fsp3) is 0.294. The van der Waals surface area contributed by atoms with Gasteiger partial charge in [0, 0.05) is 29.7 Å². The largest absolute Gasteiger partial charge is 0.497 e. The van der Waals surface area contributed by atoms with Gasteiger partial charge in [-0.1, -0.05) is 6.07 Å². The van der Waals surface area contributed by atoms with Crippen molar-refractivity contribution in [1.82, 2.24) is 5.43 Å². The van der Waals surface area contributed by atoms with Gasteiger partial charge in [0.2, 0.25) is 0 Å². The maximum absolute atomic E-state index is 5.38. The summed E-state index contributed by atoms with van der Waals surface area (Å²) >= 11 is 6.94. The molecule has 0 radical (unpaired) electrons. The van der Waals surface area contributed by atoms with Crippen LogP contribution in [0.1, 0.15) is 4.88 Å². The Bertz CT molecular complexity index is 742. The fourth-order valence-electron chi connectivity index (χ4n) is 2.38. The molecular formula is C17H20N4O2S2. The van der Waals surface area contributed by atoms with Crippen LogP contribution in [0.25, 0.3) is 0 Å². The summed E-state index contributed by atoms with van der Waals surface area (Å²) in [5.74, 6) is 0.769. The number of thiocarbonyl (C=S) groups is 1. The van der Waals surface area contributed by atoms with Gasteiger partial charge in [0.15, 0.2) is 5.11 Å². The van der Waals surface area contributed by atoms with Crippen LogP contribution in [0.15, 0.2) is 41.5 Å². The van der Waals surface area contributed by atoms with Gasteiger partial charge in [0.05, 0.1) is 31.5 Å². The Balaban J connectivity index is 1.50. The summed E-state index contributed by atoms with van der Waals surface area (Å²) < 4.78 is 10.6. The molecule has 0 amide bonds. The van der Waals surface area contributed by atoms with Crippen LogP contribution in [-0.4, -0.2) is 44.7 Å². The standard InChI is InChI=1S/C17H20N4O2S2/c1-22-14-4-2-3-13(11-14)19-17(24)20-18-12-15-5-6-16(25-15)21-7-9-23-10-8-21/h2-6,11-12H,7-10H2,1H3,(H2,19,20,24)/b18-12-. The Morgan fingerprint density at radius 1 is 1.32 bits per heavy atom. The lowest BCUT2D eigenvalue weighted by atomic mass is 10.3. The Morgan fingerprint density at radius 3 is 2.96 bits per heavy atom. The van der Waals surface area contributed by atoms with Crippen molar-refractivity contribution < 1.29 is 9.47 Å². The third-order valence-corrected chi connectivity index (χ3v) is 4.89. The molecule has 0 spiro atoms. The first-order valence-electron chi connectivity index (χ1n) is 7.91. The van der Waals surface area contributed by atoms with E-state index in [-0.39, 0.29) is 0 Å². The number of methoxy groups -OCH3 is 1. The topological polar surface area (TPSA) is 58.1 Å². The van der Waals surface area contributed by atoms with Crippen LogP contribution in [0, 0.1) is 0 Å². The molecule has 2 aromatic rings. The predicted octanol–water partition coefficient (Wildman–Crippen LogP) is 2.91. The molecule has 0 atom stereocenters. The van der Waals surface area contributed by atoms with Gasteiger partial charge >= 0.3 is 0 Å². The minimum atomic E-state index is 0.425. The number of rotatable bonds is 5. The maximum Gasteiger partial charge on any atom is 0.191 e. The first-order valence-corrected chi connectivity index (χ1v) is 9.14. The van der Waals surface area contributed by atoms with Crippen LogP contribution in [0.4, 0.5) is 10.7 Å². The first kappa shape index (κ1) is 17.7. The normalized spacial score (nSPS) is 14.5. The lowest BCUT2D eigenvalue weighted by Gasteiger charge is -2.27. The summed E-state index contributed by atoms with van der Waals surface area (Å²) in [6.45, 7) is 3.44. The van der Waals surface area contributed by atoms with Gasteiger partial charge in [0.25, 0.3) is 0 Å². The van der Waals surface area contributed by atoms with E-state index in [0.717, 1.165) is 42.6 Å². The van der Waals surface area contributed by atoms with Crippen LogP contribution in [0.5, 0.6) is 5.75 Å². The molecule has 0 saturated carbocycles. The number of hydrogen-bond acceptors (Lipinski definition) is 6. The van der Waals surface area contributed by atoms with Crippen molar-refractivity contribution in [1.29, 1.82) is 0 Å². The minimum Gasteiger partial charge on any atom is -0.497 e. The highest BCUT2D eigenvalue weighted by Gasteiger charge is 2.12. The van der Waals surface area contributed by atoms with E-state index in [1.807, 2.05) is 24.3 Å². The van der Waals surface area contributed by atoms with E-state index in [9.17, 15) is 0 Å². The molecule has 1 aromatic heterocycles. The summed E-state index contributed by atoms with van der Waals surface area (Å²) in [4.78, 5) is 3.40. The SMILES string of the molecule is COc1cccc(NC(=S)N/N=C\c2ccc(N3CCOCC3)s2)c1. The zero-order chi connectivity index (χ0) is 17.5. The summed E-state index contributed by atoms with van der Waals surface area (Å²) in [7, 11) is 1.63. The number of ether oxygens (including phenoxy) is 2. The summed E-state index contributed by atoms with van der Waals surface area (Å²) in [6.07, 6.45) is 1.77. The average molecular weight is 377 g/mol. The number of benzene rings is 1. The van der Waals surface area contributed by atoms with Crippen molar-refractivity contribution in [2.24, 2.45) is 5.10 Å². The second-order valence-electron chi connectivity index (χ2n) is 5.33. The highest BCUT2D eigenvalue weighted by molar-refractivity contribution is 7.80. The quantitative estimate of drug-likeness (QED) is 0.475. The molecule has 0 bridgehead atoms. The van der Waals surface area contributed by atoms with Crippen molar-refractivity contribution in [2.45, 2.75) is 0 Å². The highest BCUT2D eigenvalue weighted by atomic mass is 32.1. The van der Waals surface area contributed by atoms with Crippen LogP contribution in [0.2, 0.25) is 0 Å². The Hall–Kier alpha value is -2.16. The van der Waals surface area contributed by atoms with Gasteiger partial charge in [-0.25, -0.2) is 0 Å². The number of hydrazone groups is 1. The van der Waals surface area contributed by atoms with Crippen molar-refractivity contribution in [2.75, 3.05) is 43.6 Å². The molecule has 6 nitrogen and oxygen atoms in total. The molecule has 1 aliphatic rings. The van der Waals surface area contributed by atoms with Gasteiger partial charge in [0.1, 0.15) is 5.75 Å². The number of nitrogens with zero attached hydrogens (tertiary/aromatic N) is 2. The lowest BCUT2D eigenvalue weighted by Crippen LogP contribution is -2.35. The number of thiophene rings is 1. The van der Waals surface area contributed by atoms with E-state index in [2.05, 4.69) is 32.9 Å². The molecule has 132 valence electrons. The zero-order valence-corrected chi connectivity index (χ0v) is 15.5. The molecule has 1 fully saturated rings. The molecule has 0 aliphatic carbocycles. The second-order valence-corrected chi connectivity index (χ2v) is 6.83. The average Bonchev–Trinajstić information content (AvgIpc) is 3.11. The Morgan fingerprint density at radius 2 is 2.16 bits per heavy atom. The first-order chi connectivity index (χ1) is 12.2. The van der Waals surface area contributed by atoms with E-state index in [1.54, 1.807) is 24.7 Å². The van der Waals surface area contributed by atoms with Crippen LogP contribution >= 0.6 is 23.6 Å². The van der Waals surface area contributed by atoms with E-state index in [1.165, 1.54) is 5.00 Å². The van der Waals surface area contributed by atoms with E-state index < -0.39 is 0 Å². The summed E-state index contributed by atoms with van der Waals surface area (Å²) in [5.41, 5.74) is 3.67. The molecule has 2 heterocycles. The van der Waals surface area contributed by atoms with Gasteiger partial charge in [-0.05, 0) is 36.5 Å². The molecule has 3 rings (SSSR count). The number of morpholine rings is 1. The zero-order valence-electron chi connectivity index (χ0n) is 13.9. The molecule has 2 N–H and O–H groups in total. The highest BCUT2D eigenvalue weighted by Crippen LogP contribution is 2.25. The van der Waals surface area contributed by atoms with Gasteiger partial charge in [-0.3, -0.25) is 5.43 Å². The van der Waals surface area contributed by atoms with E-state index in [0.29, 0.717) is 5.11 Å². The molecule has 1 saturated heterocycles. The molecular weight excluding hydrogens is 356 g/mol. The fourth-order valence-corrected chi connectivity index (χ4v) is 3.48. The van der Waals surface area contributed by atoms with Gasteiger partial charge < -0.3 is 19.7 Å². The van der Waals surface area contributed by atoms with Crippen LogP contribution in [-0.2, 0) is 4.74 Å². The van der Waals surface area contributed by atoms with Crippen LogP contribution < -0.4 is 20.4 Å². The van der Waals surface area contributed by atoms with Crippen LogP contribution in [0.3, 0.4) is 0 Å². The molecule has 0 unspecified atom stereocenters. The van der Waals surface area contributed by atoms with Gasteiger partial charge in [-0.2, -0.15) is 5.10 Å². The van der Waals surface area contributed by atoms with E-state index >= 15 is 0 Å². The third kappa shape index (κ3) is 5.15. The number of anilines is 2. The molecule has 8 heteroatoms. The lowest BCUT2D eigenvalue weighted by molar-refractivity contribution is 0.123. The smallest absolute Gasteiger partial charge is 0.191 e. The Kier molecular flexibility index (Phi) is 6.21.